The van der Waals surface area contributed by atoms with Gasteiger partial charge >= 0.3 is 5.97 Å². The highest BCUT2D eigenvalue weighted by molar-refractivity contribution is 5.87. The molecule has 88 valence electrons. The third-order valence-electron chi connectivity index (χ3n) is 2.00. The standard InChI is InChI=1S/C10H10N4O3/c1-14-5-8(12-13-14)6-17-9-2-7(10(15)16)3-11-4-9/h2-5H,6H2,1H3,(H,15,16). The third-order valence-corrected chi connectivity index (χ3v) is 2.00. The zero-order valence-electron chi connectivity index (χ0n) is 9.07. The maximum atomic E-state index is 10.7. The van der Waals surface area contributed by atoms with Gasteiger partial charge < -0.3 is 9.84 Å². The monoisotopic (exact) mass is 234 g/mol. The second-order valence-corrected chi connectivity index (χ2v) is 3.39. The zero-order chi connectivity index (χ0) is 12.3. The first-order valence-corrected chi connectivity index (χ1v) is 4.81. The molecule has 0 amide bonds. The minimum absolute atomic E-state index is 0.0849. The highest BCUT2D eigenvalue weighted by Gasteiger charge is 2.05. The van der Waals surface area contributed by atoms with Gasteiger partial charge in [-0.05, 0) is 6.07 Å². The van der Waals surface area contributed by atoms with Gasteiger partial charge in [-0.25, -0.2) is 4.79 Å². The van der Waals surface area contributed by atoms with Crippen LogP contribution in [0.4, 0.5) is 0 Å². The zero-order valence-corrected chi connectivity index (χ0v) is 9.07. The molecule has 0 aliphatic rings. The Kier molecular flexibility index (Phi) is 2.99. The molecule has 0 aliphatic heterocycles. The summed E-state index contributed by atoms with van der Waals surface area (Å²) in [5.41, 5.74) is 0.745. The quantitative estimate of drug-likeness (QED) is 0.827. The highest BCUT2D eigenvalue weighted by Crippen LogP contribution is 2.12. The molecule has 1 N–H and O–H groups in total. The first-order chi connectivity index (χ1) is 8.15. The van der Waals surface area contributed by atoms with Crippen molar-refractivity contribution in [3.8, 4) is 5.75 Å². The number of ether oxygens (including phenoxy) is 1. The molecule has 2 aromatic heterocycles. The number of hydrogen-bond acceptors (Lipinski definition) is 5. The van der Waals surface area contributed by atoms with E-state index in [0.29, 0.717) is 11.4 Å². The molecular weight excluding hydrogens is 224 g/mol. The van der Waals surface area contributed by atoms with Gasteiger partial charge in [0.05, 0.1) is 18.0 Å². The summed E-state index contributed by atoms with van der Waals surface area (Å²) in [7, 11) is 1.75. The molecular formula is C10H10N4O3. The molecule has 2 rings (SSSR count). The number of aromatic carboxylic acids is 1. The van der Waals surface area contributed by atoms with E-state index in [1.807, 2.05) is 0 Å². The Labute approximate surface area is 96.7 Å². The molecule has 0 atom stereocenters. The van der Waals surface area contributed by atoms with Gasteiger partial charge in [-0.1, -0.05) is 5.21 Å². The Morgan fingerprint density at radius 2 is 2.35 bits per heavy atom. The molecule has 2 heterocycles. The molecule has 0 unspecified atom stereocenters. The number of rotatable bonds is 4. The lowest BCUT2D eigenvalue weighted by Gasteiger charge is -2.03. The number of carboxylic acids is 1. The fraction of sp³-hybridized carbons (Fsp3) is 0.200. The number of carbonyl (C=O) groups is 1. The van der Waals surface area contributed by atoms with Crippen molar-refractivity contribution in [2.45, 2.75) is 6.61 Å². The molecule has 0 fully saturated rings. The lowest BCUT2D eigenvalue weighted by molar-refractivity contribution is 0.0696. The van der Waals surface area contributed by atoms with Gasteiger partial charge in [0, 0.05) is 13.2 Å². The van der Waals surface area contributed by atoms with Crippen molar-refractivity contribution in [1.29, 1.82) is 0 Å². The molecule has 0 aromatic carbocycles. The predicted molar refractivity (Wildman–Crippen MR) is 56.5 cm³/mol. The van der Waals surface area contributed by atoms with E-state index in [0.717, 1.165) is 0 Å². The second kappa shape index (κ2) is 4.60. The first-order valence-electron chi connectivity index (χ1n) is 4.81. The van der Waals surface area contributed by atoms with Gasteiger partial charge in [0.15, 0.2) is 0 Å². The van der Waals surface area contributed by atoms with Crippen LogP contribution in [0.2, 0.25) is 0 Å². The molecule has 2 aromatic rings. The molecule has 0 spiro atoms. The first kappa shape index (κ1) is 11.1. The van der Waals surface area contributed by atoms with Gasteiger partial charge in [-0.3, -0.25) is 9.67 Å². The predicted octanol–water partition coefficient (Wildman–Crippen LogP) is 0.487. The average Bonchev–Trinajstić information content (AvgIpc) is 2.73. The summed E-state index contributed by atoms with van der Waals surface area (Å²) in [5.74, 6) is -0.655. The topological polar surface area (TPSA) is 90.1 Å². The summed E-state index contributed by atoms with van der Waals surface area (Å²) in [6.45, 7) is 0.221. The van der Waals surface area contributed by atoms with E-state index in [1.165, 1.54) is 18.5 Å². The van der Waals surface area contributed by atoms with Gasteiger partial charge in [0.25, 0.3) is 0 Å². The summed E-state index contributed by atoms with van der Waals surface area (Å²) in [4.78, 5) is 14.5. The van der Waals surface area contributed by atoms with Crippen LogP contribution in [-0.2, 0) is 13.7 Å². The fourth-order valence-corrected chi connectivity index (χ4v) is 1.23. The smallest absolute Gasteiger partial charge is 0.337 e. The van der Waals surface area contributed by atoms with Crippen LogP contribution in [0.25, 0.3) is 0 Å². The number of aromatic nitrogens is 4. The van der Waals surface area contributed by atoms with Crippen LogP contribution in [0.15, 0.2) is 24.7 Å². The number of hydrogen-bond donors (Lipinski definition) is 1. The van der Waals surface area contributed by atoms with E-state index >= 15 is 0 Å². The lowest BCUT2D eigenvalue weighted by atomic mass is 10.3. The fourth-order valence-electron chi connectivity index (χ4n) is 1.23. The Morgan fingerprint density at radius 1 is 1.53 bits per heavy atom. The van der Waals surface area contributed by atoms with Gasteiger partial charge in [0.2, 0.25) is 0 Å². The molecule has 0 aliphatic carbocycles. The molecule has 0 saturated carbocycles. The SMILES string of the molecule is Cn1cc(COc2cncc(C(=O)O)c2)nn1. The van der Waals surface area contributed by atoms with Gasteiger partial charge in [0.1, 0.15) is 18.1 Å². The van der Waals surface area contributed by atoms with E-state index < -0.39 is 5.97 Å². The molecule has 0 saturated heterocycles. The minimum atomic E-state index is -1.04. The van der Waals surface area contributed by atoms with E-state index in [9.17, 15) is 4.79 Å². The van der Waals surface area contributed by atoms with Crippen molar-refractivity contribution in [3.05, 3.63) is 35.9 Å². The van der Waals surface area contributed by atoms with Crippen molar-refractivity contribution < 1.29 is 14.6 Å². The summed E-state index contributed by atoms with van der Waals surface area (Å²) < 4.78 is 6.91. The Hall–Kier alpha value is -2.44. The van der Waals surface area contributed by atoms with Crippen LogP contribution < -0.4 is 4.74 Å². The lowest BCUT2D eigenvalue weighted by Crippen LogP contribution is -2.00. The maximum Gasteiger partial charge on any atom is 0.337 e. The maximum absolute atomic E-state index is 10.7. The normalized spacial score (nSPS) is 10.2. The number of carboxylic acid groups (broad SMARTS) is 1. The molecule has 0 radical (unpaired) electrons. The Morgan fingerprint density at radius 3 is 3.00 bits per heavy atom. The van der Waals surface area contributed by atoms with Crippen molar-refractivity contribution >= 4 is 5.97 Å². The number of pyridine rings is 1. The number of nitrogens with zero attached hydrogens (tertiary/aromatic N) is 4. The van der Waals surface area contributed by atoms with Crippen LogP contribution in [0.1, 0.15) is 16.1 Å². The van der Waals surface area contributed by atoms with E-state index in [-0.39, 0.29) is 12.2 Å². The highest BCUT2D eigenvalue weighted by atomic mass is 16.5. The van der Waals surface area contributed by atoms with E-state index in [2.05, 4.69) is 15.3 Å². The summed E-state index contributed by atoms with van der Waals surface area (Å²) in [6, 6.07) is 1.41. The summed E-state index contributed by atoms with van der Waals surface area (Å²) in [5, 5.41) is 16.4. The van der Waals surface area contributed by atoms with Crippen LogP contribution in [-0.4, -0.2) is 31.1 Å². The summed E-state index contributed by atoms with van der Waals surface area (Å²) >= 11 is 0. The van der Waals surface area contributed by atoms with Crippen molar-refractivity contribution in [1.82, 2.24) is 20.0 Å². The van der Waals surface area contributed by atoms with Crippen LogP contribution in [0.3, 0.4) is 0 Å². The number of aryl methyl sites for hydroxylation is 1. The largest absolute Gasteiger partial charge is 0.486 e. The van der Waals surface area contributed by atoms with Gasteiger partial charge in [-0.2, -0.15) is 0 Å². The molecule has 7 heteroatoms. The Balaban J connectivity index is 2.04. The second-order valence-electron chi connectivity index (χ2n) is 3.39. The average molecular weight is 234 g/mol. The van der Waals surface area contributed by atoms with Crippen LogP contribution >= 0.6 is 0 Å². The molecule has 17 heavy (non-hydrogen) atoms. The van der Waals surface area contributed by atoms with Crippen LogP contribution in [0.5, 0.6) is 5.75 Å². The van der Waals surface area contributed by atoms with Crippen molar-refractivity contribution in [3.63, 3.8) is 0 Å². The van der Waals surface area contributed by atoms with E-state index in [1.54, 1.807) is 17.9 Å². The Bertz CT molecular complexity index is 538. The molecule has 0 bridgehead atoms. The van der Waals surface area contributed by atoms with Crippen molar-refractivity contribution in [2.24, 2.45) is 7.05 Å². The van der Waals surface area contributed by atoms with Crippen LogP contribution in [0, 0.1) is 0 Å². The third kappa shape index (κ3) is 2.77. The summed E-state index contributed by atoms with van der Waals surface area (Å²) in [6.07, 6.45) is 4.43. The molecule has 7 nitrogen and oxygen atoms in total. The minimum Gasteiger partial charge on any atom is -0.486 e. The van der Waals surface area contributed by atoms with E-state index in [4.69, 9.17) is 9.84 Å². The van der Waals surface area contributed by atoms with Gasteiger partial charge in [-0.15, -0.1) is 5.10 Å². The van der Waals surface area contributed by atoms with Crippen molar-refractivity contribution in [2.75, 3.05) is 0 Å².